The van der Waals surface area contributed by atoms with Gasteiger partial charge in [0.15, 0.2) is 0 Å². The molecule has 18 heavy (non-hydrogen) atoms. The van der Waals surface area contributed by atoms with Gasteiger partial charge in [-0.25, -0.2) is 4.79 Å². The van der Waals surface area contributed by atoms with E-state index in [0.29, 0.717) is 12.2 Å². The number of anilines is 1. The zero-order valence-electron chi connectivity index (χ0n) is 11.1. The molecule has 3 nitrogen and oxygen atoms in total. The lowest BCUT2D eigenvalue weighted by Crippen LogP contribution is -2.06. The molecule has 0 aliphatic heterocycles. The van der Waals surface area contributed by atoms with Crippen LogP contribution in [0, 0.1) is 0 Å². The van der Waals surface area contributed by atoms with Gasteiger partial charge in [-0.05, 0) is 49.1 Å². The van der Waals surface area contributed by atoms with Crippen LogP contribution < -0.4 is 5.32 Å². The topological polar surface area (TPSA) is 38.3 Å². The van der Waals surface area contributed by atoms with Gasteiger partial charge in [-0.2, -0.15) is 11.8 Å². The first kappa shape index (κ1) is 14.9. The van der Waals surface area contributed by atoms with Crippen molar-refractivity contribution in [3.8, 4) is 0 Å². The minimum Gasteiger partial charge on any atom is -0.462 e. The second-order valence-electron chi connectivity index (χ2n) is 3.99. The van der Waals surface area contributed by atoms with Crippen molar-refractivity contribution in [2.24, 2.45) is 0 Å². The Labute approximate surface area is 113 Å². The van der Waals surface area contributed by atoms with Gasteiger partial charge >= 0.3 is 5.97 Å². The highest BCUT2D eigenvalue weighted by Gasteiger charge is 2.05. The number of ether oxygens (including phenoxy) is 1. The summed E-state index contributed by atoms with van der Waals surface area (Å²) in [5.74, 6) is 0.916. The number of thioether (sulfide) groups is 1. The number of esters is 1. The van der Waals surface area contributed by atoms with Crippen LogP contribution in [0.4, 0.5) is 5.69 Å². The van der Waals surface area contributed by atoms with Gasteiger partial charge < -0.3 is 10.1 Å². The monoisotopic (exact) mass is 267 g/mol. The second-order valence-corrected chi connectivity index (χ2v) is 4.97. The summed E-state index contributed by atoms with van der Waals surface area (Å²) < 4.78 is 5.07. The zero-order valence-corrected chi connectivity index (χ0v) is 11.9. The van der Waals surface area contributed by atoms with Gasteiger partial charge in [0.05, 0.1) is 12.2 Å². The first-order chi connectivity index (χ1) is 8.77. The first-order valence-electron chi connectivity index (χ1n) is 6.28. The second kappa shape index (κ2) is 8.86. The number of hydrogen-bond acceptors (Lipinski definition) is 4. The van der Waals surface area contributed by atoms with Gasteiger partial charge in [0.25, 0.3) is 0 Å². The molecule has 0 atom stereocenters. The van der Waals surface area contributed by atoms with Crippen LogP contribution in [0.25, 0.3) is 0 Å². The molecule has 0 unspecified atom stereocenters. The molecule has 0 fully saturated rings. The largest absolute Gasteiger partial charge is 0.462 e. The van der Waals surface area contributed by atoms with Crippen LogP contribution in [0.15, 0.2) is 24.3 Å². The van der Waals surface area contributed by atoms with E-state index >= 15 is 0 Å². The maximum atomic E-state index is 11.6. The van der Waals surface area contributed by atoms with Crippen molar-refractivity contribution in [3.63, 3.8) is 0 Å². The van der Waals surface area contributed by atoms with Crippen molar-refractivity contribution in [1.29, 1.82) is 0 Å². The fourth-order valence-corrected chi connectivity index (χ4v) is 1.88. The van der Waals surface area contributed by atoms with Crippen LogP contribution in [0.5, 0.6) is 0 Å². The predicted octanol–water partition coefficient (Wildman–Crippen LogP) is 3.42. The van der Waals surface area contributed by atoms with Crippen molar-refractivity contribution in [2.45, 2.75) is 19.8 Å². The van der Waals surface area contributed by atoms with Crippen LogP contribution in [-0.4, -0.2) is 31.1 Å². The van der Waals surface area contributed by atoms with Crippen molar-refractivity contribution in [1.82, 2.24) is 0 Å². The third-order valence-electron chi connectivity index (χ3n) is 2.41. The molecule has 0 amide bonds. The Morgan fingerprint density at radius 1 is 1.33 bits per heavy atom. The molecule has 1 aromatic carbocycles. The summed E-state index contributed by atoms with van der Waals surface area (Å²) in [6.45, 7) is 3.42. The zero-order chi connectivity index (χ0) is 13.2. The fraction of sp³-hybridized carbons (Fsp3) is 0.500. The highest BCUT2D eigenvalue weighted by molar-refractivity contribution is 7.98. The molecular formula is C14H21NO2S. The van der Waals surface area contributed by atoms with Crippen LogP contribution in [0.3, 0.4) is 0 Å². The third kappa shape index (κ3) is 5.45. The molecule has 0 spiro atoms. The first-order valence-corrected chi connectivity index (χ1v) is 7.67. The lowest BCUT2D eigenvalue weighted by molar-refractivity contribution is 0.0505. The van der Waals surface area contributed by atoms with Gasteiger partial charge in [-0.15, -0.1) is 0 Å². The van der Waals surface area contributed by atoms with Crippen molar-refractivity contribution >= 4 is 23.4 Å². The van der Waals surface area contributed by atoms with Gasteiger partial charge in [-0.3, -0.25) is 0 Å². The van der Waals surface area contributed by atoms with Gasteiger partial charge in [0, 0.05) is 12.2 Å². The normalized spacial score (nSPS) is 10.1. The Morgan fingerprint density at radius 2 is 2.06 bits per heavy atom. The van der Waals surface area contributed by atoms with E-state index < -0.39 is 0 Å². The van der Waals surface area contributed by atoms with Gasteiger partial charge in [-0.1, -0.05) is 6.92 Å². The van der Waals surface area contributed by atoms with E-state index in [2.05, 4.69) is 11.6 Å². The van der Waals surface area contributed by atoms with Crippen LogP contribution in [0.1, 0.15) is 30.1 Å². The number of carbonyl (C=O) groups is 1. The lowest BCUT2D eigenvalue weighted by atomic mass is 10.2. The molecule has 0 saturated heterocycles. The summed E-state index contributed by atoms with van der Waals surface area (Å²) in [5.41, 5.74) is 1.65. The molecule has 100 valence electrons. The van der Waals surface area contributed by atoms with E-state index in [1.807, 2.05) is 30.8 Å². The quantitative estimate of drug-likeness (QED) is 0.578. The molecule has 1 N–H and O–H groups in total. The molecule has 0 radical (unpaired) electrons. The number of nitrogens with one attached hydrogen (secondary N) is 1. The third-order valence-corrected chi connectivity index (χ3v) is 3.11. The SMILES string of the molecule is CCCOC(=O)c1ccc(NCCCSC)cc1. The van der Waals surface area contributed by atoms with Crippen LogP contribution in [0.2, 0.25) is 0 Å². The minimum absolute atomic E-state index is 0.245. The Kier molecular flexibility index (Phi) is 7.34. The van der Waals surface area contributed by atoms with Crippen LogP contribution in [-0.2, 0) is 4.74 Å². The van der Waals surface area contributed by atoms with Gasteiger partial charge in [0.2, 0.25) is 0 Å². The molecule has 0 saturated carbocycles. The Morgan fingerprint density at radius 3 is 2.67 bits per heavy atom. The molecular weight excluding hydrogens is 246 g/mol. The highest BCUT2D eigenvalue weighted by Crippen LogP contribution is 2.11. The standard InChI is InChI=1S/C14H21NO2S/c1-3-10-17-14(16)12-5-7-13(8-6-12)15-9-4-11-18-2/h5-8,15H,3-4,9-11H2,1-2H3. The summed E-state index contributed by atoms with van der Waals surface area (Å²) in [5, 5.41) is 3.32. The number of carbonyl (C=O) groups excluding carboxylic acids is 1. The predicted molar refractivity (Wildman–Crippen MR) is 78.5 cm³/mol. The van der Waals surface area contributed by atoms with E-state index in [-0.39, 0.29) is 5.97 Å². The fourth-order valence-electron chi connectivity index (χ4n) is 1.45. The van der Waals surface area contributed by atoms with Gasteiger partial charge in [0.1, 0.15) is 0 Å². The maximum absolute atomic E-state index is 11.6. The van der Waals surface area contributed by atoms with Crippen molar-refractivity contribution in [2.75, 3.05) is 30.5 Å². The summed E-state index contributed by atoms with van der Waals surface area (Å²) >= 11 is 1.85. The number of benzene rings is 1. The molecule has 4 heteroatoms. The number of rotatable bonds is 8. The van der Waals surface area contributed by atoms with E-state index in [0.717, 1.165) is 30.8 Å². The highest BCUT2D eigenvalue weighted by atomic mass is 32.2. The minimum atomic E-state index is -0.245. The average Bonchev–Trinajstić information content (AvgIpc) is 2.41. The van der Waals surface area contributed by atoms with Crippen molar-refractivity contribution < 1.29 is 9.53 Å². The summed E-state index contributed by atoms with van der Waals surface area (Å²) in [6, 6.07) is 7.44. The van der Waals surface area contributed by atoms with E-state index in [9.17, 15) is 4.79 Å². The smallest absolute Gasteiger partial charge is 0.338 e. The summed E-state index contributed by atoms with van der Waals surface area (Å²) in [4.78, 5) is 11.6. The molecule has 0 bridgehead atoms. The van der Waals surface area contributed by atoms with Crippen LogP contribution >= 0.6 is 11.8 Å². The van der Waals surface area contributed by atoms with Crippen molar-refractivity contribution in [3.05, 3.63) is 29.8 Å². The maximum Gasteiger partial charge on any atom is 0.338 e. The number of hydrogen-bond donors (Lipinski definition) is 1. The Bertz CT molecular complexity index is 351. The molecule has 1 rings (SSSR count). The average molecular weight is 267 g/mol. The summed E-state index contributed by atoms with van der Waals surface area (Å²) in [7, 11) is 0. The molecule has 0 heterocycles. The molecule has 0 aromatic heterocycles. The molecule has 0 aliphatic rings. The lowest BCUT2D eigenvalue weighted by Gasteiger charge is -2.07. The van der Waals surface area contributed by atoms with E-state index in [1.54, 1.807) is 12.1 Å². The summed E-state index contributed by atoms with van der Waals surface area (Å²) in [6.07, 6.45) is 4.10. The Balaban J connectivity index is 2.39. The Hall–Kier alpha value is -1.16. The van der Waals surface area contributed by atoms with E-state index in [4.69, 9.17) is 4.74 Å². The molecule has 1 aromatic rings. The van der Waals surface area contributed by atoms with E-state index in [1.165, 1.54) is 0 Å². The molecule has 0 aliphatic carbocycles.